The molecule has 0 bridgehead atoms. The number of para-hydroxylation sites is 1. The highest BCUT2D eigenvalue weighted by atomic mass is 19.1. The molecule has 2 amide bonds. The van der Waals surface area contributed by atoms with E-state index >= 15 is 0 Å². The number of amides is 2. The topological polar surface area (TPSA) is 43.9 Å². The fourth-order valence-electron chi connectivity index (χ4n) is 3.42. The van der Waals surface area contributed by atoms with E-state index in [1.165, 1.54) is 17.9 Å². The van der Waals surface area contributed by atoms with Crippen molar-refractivity contribution in [3.63, 3.8) is 0 Å². The van der Waals surface area contributed by atoms with Gasteiger partial charge in [-0.1, -0.05) is 18.2 Å². The largest absolute Gasteiger partial charge is 0.366 e. The second kappa shape index (κ2) is 8.42. The van der Waals surface area contributed by atoms with Crippen LogP contribution in [0.1, 0.15) is 18.1 Å². The maximum absolute atomic E-state index is 14.0. The SMILES string of the molecule is CC(=O)N(CC(=O)N1CCN(c2ccccc2F)CC1)c1ccc(C)c(C)c1. The van der Waals surface area contributed by atoms with Crippen LogP contribution < -0.4 is 9.80 Å². The van der Waals surface area contributed by atoms with Gasteiger partial charge in [0.15, 0.2) is 0 Å². The van der Waals surface area contributed by atoms with E-state index in [-0.39, 0.29) is 24.2 Å². The molecule has 148 valence electrons. The lowest BCUT2D eigenvalue weighted by molar-refractivity contribution is -0.131. The molecule has 1 heterocycles. The summed E-state index contributed by atoms with van der Waals surface area (Å²) in [5, 5.41) is 0. The first kappa shape index (κ1) is 19.9. The van der Waals surface area contributed by atoms with Crippen molar-refractivity contribution < 1.29 is 14.0 Å². The van der Waals surface area contributed by atoms with Gasteiger partial charge in [0.25, 0.3) is 0 Å². The molecule has 0 atom stereocenters. The third-order valence-corrected chi connectivity index (χ3v) is 5.30. The highest BCUT2D eigenvalue weighted by molar-refractivity contribution is 5.97. The lowest BCUT2D eigenvalue weighted by Crippen LogP contribution is -2.52. The van der Waals surface area contributed by atoms with Crippen molar-refractivity contribution in [2.24, 2.45) is 0 Å². The molecule has 1 aliphatic heterocycles. The maximum atomic E-state index is 14.0. The highest BCUT2D eigenvalue weighted by Gasteiger charge is 2.25. The first-order valence-corrected chi connectivity index (χ1v) is 9.49. The van der Waals surface area contributed by atoms with E-state index in [1.54, 1.807) is 17.0 Å². The fraction of sp³-hybridized carbons (Fsp3) is 0.364. The molecule has 0 N–H and O–H groups in total. The summed E-state index contributed by atoms with van der Waals surface area (Å²) in [7, 11) is 0. The number of rotatable bonds is 4. The first-order chi connectivity index (χ1) is 13.4. The first-order valence-electron chi connectivity index (χ1n) is 9.49. The van der Waals surface area contributed by atoms with Crippen LogP contribution in [0.5, 0.6) is 0 Å². The van der Waals surface area contributed by atoms with Crippen molar-refractivity contribution in [3.05, 3.63) is 59.4 Å². The Morgan fingerprint density at radius 1 is 1.00 bits per heavy atom. The predicted molar refractivity (Wildman–Crippen MR) is 109 cm³/mol. The summed E-state index contributed by atoms with van der Waals surface area (Å²) in [4.78, 5) is 30.1. The Hall–Kier alpha value is -2.89. The lowest BCUT2D eigenvalue weighted by Gasteiger charge is -2.37. The van der Waals surface area contributed by atoms with Crippen LogP contribution in [0, 0.1) is 19.7 Å². The van der Waals surface area contributed by atoms with Crippen LogP contribution in [-0.2, 0) is 9.59 Å². The van der Waals surface area contributed by atoms with Crippen LogP contribution in [0.15, 0.2) is 42.5 Å². The molecule has 5 nitrogen and oxygen atoms in total. The number of halogens is 1. The Morgan fingerprint density at radius 3 is 2.29 bits per heavy atom. The molecule has 1 saturated heterocycles. The molecule has 0 spiro atoms. The summed E-state index contributed by atoms with van der Waals surface area (Å²) in [5.74, 6) is -0.511. The Balaban J connectivity index is 1.64. The summed E-state index contributed by atoms with van der Waals surface area (Å²) >= 11 is 0. The normalized spacial score (nSPS) is 14.1. The van der Waals surface area contributed by atoms with Gasteiger partial charge in [0, 0.05) is 38.8 Å². The van der Waals surface area contributed by atoms with E-state index in [0.29, 0.717) is 31.9 Å². The summed E-state index contributed by atoms with van der Waals surface area (Å²) in [5.41, 5.74) is 3.52. The molecule has 0 radical (unpaired) electrons. The summed E-state index contributed by atoms with van der Waals surface area (Å²) in [6, 6.07) is 12.4. The van der Waals surface area contributed by atoms with Crippen molar-refractivity contribution >= 4 is 23.2 Å². The number of aryl methyl sites for hydroxylation is 2. The molecule has 0 saturated carbocycles. The van der Waals surface area contributed by atoms with E-state index in [2.05, 4.69) is 0 Å². The Kier molecular flexibility index (Phi) is 5.97. The number of carbonyl (C=O) groups is 2. The van der Waals surface area contributed by atoms with Gasteiger partial charge in [0.05, 0.1) is 5.69 Å². The van der Waals surface area contributed by atoms with Crippen molar-refractivity contribution in [2.45, 2.75) is 20.8 Å². The van der Waals surface area contributed by atoms with E-state index in [0.717, 1.165) is 16.8 Å². The number of carbonyl (C=O) groups excluding carboxylic acids is 2. The number of hydrogen-bond donors (Lipinski definition) is 0. The van der Waals surface area contributed by atoms with Gasteiger partial charge in [-0.2, -0.15) is 0 Å². The van der Waals surface area contributed by atoms with Crippen LogP contribution in [0.4, 0.5) is 15.8 Å². The monoisotopic (exact) mass is 383 g/mol. The van der Waals surface area contributed by atoms with E-state index < -0.39 is 0 Å². The minimum atomic E-state index is -0.250. The third kappa shape index (κ3) is 4.32. The molecule has 2 aromatic rings. The minimum absolute atomic E-state index is 0.0114. The molecule has 1 aliphatic rings. The van der Waals surface area contributed by atoms with Gasteiger partial charge >= 0.3 is 0 Å². The van der Waals surface area contributed by atoms with E-state index in [1.807, 2.05) is 43.0 Å². The van der Waals surface area contributed by atoms with Gasteiger partial charge < -0.3 is 14.7 Å². The molecule has 1 fully saturated rings. The van der Waals surface area contributed by atoms with Crippen molar-refractivity contribution in [1.82, 2.24) is 4.90 Å². The second-order valence-electron chi connectivity index (χ2n) is 7.19. The standard InChI is InChI=1S/C22H26FN3O2/c1-16-8-9-19(14-17(16)2)26(18(3)27)15-22(28)25-12-10-24(11-13-25)21-7-5-4-6-20(21)23/h4-9,14H,10-13,15H2,1-3H3. The number of nitrogens with zero attached hydrogens (tertiary/aromatic N) is 3. The molecule has 0 unspecified atom stereocenters. The quantitative estimate of drug-likeness (QED) is 0.815. The maximum Gasteiger partial charge on any atom is 0.242 e. The average molecular weight is 383 g/mol. The van der Waals surface area contributed by atoms with Crippen LogP contribution >= 0.6 is 0 Å². The Labute approximate surface area is 165 Å². The van der Waals surface area contributed by atoms with Gasteiger partial charge in [0.1, 0.15) is 12.4 Å². The zero-order valence-electron chi connectivity index (χ0n) is 16.6. The molecule has 0 aromatic heterocycles. The lowest BCUT2D eigenvalue weighted by atomic mass is 10.1. The summed E-state index contributed by atoms with van der Waals surface area (Å²) in [6.07, 6.45) is 0. The Bertz CT molecular complexity index is 876. The number of anilines is 2. The minimum Gasteiger partial charge on any atom is -0.366 e. The van der Waals surface area contributed by atoms with Crippen LogP contribution in [0.2, 0.25) is 0 Å². The summed E-state index contributed by atoms with van der Waals surface area (Å²) in [6.45, 7) is 7.62. The van der Waals surface area contributed by atoms with Crippen LogP contribution in [0.25, 0.3) is 0 Å². The molecular formula is C22H26FN3O2. The van der Waals surface area contributed by atoms with Gasteiger partial charge in [-0.05, 0) is 49.2 Å². The predicted octanol–water partition coefficient (Wildman–Crippen LogP) is 3.14. The van der Waals surface area contributed by atoms with Gasteiger partial charge in [-0.25, -0.2) is 4.39 Å². The van der Waals surface area contributed by atoms with E-state index in [9.17, 15) is 14.0 Å². The van der Waals surface area contributed by atoms with Crippen molar-refractivity contribution in [1.29, 1.82) is 0 Å². The molecule has 3 rings (SSSR count). The zero-order valence-corrected chi connectivity index (χ0v) is 16.6. The smallest absolute Gasteiger partial charge is 0.242 e. The third-order valence-electron chi connectivity index (χ3n) is 5.30. The molecule has 0 aliphatic carbocycles. The fourth-order valence-corrected chi connectivity index (χ4v) is 3.42. The Morgan fingerprint density at radius 2 is 1.68 bits per heavy atom. The molecule has 2 aromatic carbocycles. The second-order valence-corrected chi connectivity index (χ2v) is 7.19. The highest BCUT2D eigenvalue weighted by Crippen LogP contribution is 2.21. The number of benzene rings is 2. The van der Waals surface area contributed by atoms with Crippen molar-refractivity contribution in [2.75, 3.05) is 42.5 Å². The van der Waals surface area contributed by atoms with Gasteiger partial charge in [-0.3, -0.25) is 9.59 Å². The zero-order chi connectivity index (χ0) is 20.3. The van der Waals surface area contributed by atoms with Crippen molar-refractivity contribution in [3.8, 4) is 0 Å². The molecule has 28 heavy (non-hydrogen) atoms. The van der Waals surface area contributed by atoms with Gasteiger partial charge in [0.2, 0.25) is 11.8 Å². The number of piperazine rings is 1. The molecule has 6 heteroatoms. The molecular weight excluding hydrogens is 357 g/mol. The number of hydrogen-bond acceptors (Lipinski definition) is 3. The summed E-state index contributed by atoms with van der Waals surface area (Å²) < 4.78 is 14.0. The average Bonchev–Trinajstić information content (AvgIpc) is 2.68. The van der Waals surface area contributed by atoms with Gasteiger partial charge in [-0.15, -0.1) is 0 Å². The van der Waals surface area contributed by atoms with E-state index in [4.69, 9.17) is 0 Å². The van der Waals surface area contributed by atoms with Crippen LogP contribution in [-0.4, -0.2) is 49.4 Å². The van der Waals surface area contributed by atoms with Crippen LogP contribution in [0.3, 0.4) is 0 Å².